The molecule has 0 radical (unpaired) electrons. The number of rotatable bonds is 6. The molecule has 0 bridgehead atoms. The summed E-state index contributed by atoms with van der Waals surface area (Å²) in [6.07, 6.45) is 0.300. The fourth-order valence-corrected chi connectivity index (χ4v) is 4.11. The van der Waals surface area contributed by atoms with Gasteiger partial charge >= 0.3 is 5.97 Å². The van der Waals surface area contributed by atoms with Crippen molar-refractivity contribution >= 4 is 23.4 Å². The lowest BCUT2D eigenvalue weighted by Gasteiger charge is -2.11. The zero-order valence-corrected chi connectivity index (χ0v) is 19.4. The smallest absolute Gasteiger partial charge is 0.354 e. The van der Waals surface area contributed by atoms with Gasteiger partial charge in [-0.1, -0.05) is 18.2 Å². The average Bonchev–Trinajstić information content (AvgIpc) is 3.23. The van der Waals surface area contributed by atoms with E-state index < -0.39 is 18.4 Å². The summed E-state index contributed by atoms with van der Waals surface area (Å²) in [6, 6.07) is 11.0. The van der Waals surface area contributed by atoms with Crippen LogP contribution in [0.1, 0.15) is 40.3 Å². The van der Waals surface area contributed by atoms with Gasteiger partial charge in [0.1, 0.15) is 11.4 Å². The van der Waals surface area contributed by atoms with Crippen LogP contribution in [0.25, 0.3) is 11.4 Å². The van der Waals surface area contributed by atoms with E-state index in [2.05, 4.69) is 10.5 Å². The van der Waals surface area contributed by atoms with E-state index in [9.17, 15) is 19.2 Å². The van der Waals surface area contributed by atoms with Crippen LogP contribution in [0.2, 0.25) is 0 Å². The third-order valence-corrected chi connectivity index (χ3v) is 5.95. The number of aromatic nitrogens is 3. The van der Waals surface area contributed by atoms with Crippen molar-refractivity contribution in [1.29, 1.82) is 0 Å². The number of ketones is 1. The summed E-state index contributed by atoms with van der Waals surface area (Å²) in [5, 5.41) is 3.68. The Hall–Kier alpha value is -4.21. The highest BCUT2D eigenvalue weighted by Crippen LogP contribution is 2.23. The van der Waals surface area contributed by atoms with Gasteiger partial charge in [-0.15, -0.1) is 0 Å². The molecule has 10 nitrogen and oxygen atoms in total. The molecule has 1 aliphatic heterocycles. The monoisotopic (exact) mass is 463 g/mol. The van der Waals surface area contributed by atoms with Gasteiger partial charge in [0.15, 0.2) is 6.61 Å². The molecule has 1 aliphatic rings. The molecule has 1 amide bonds. The molecule has 0 spiro atoms. The molecule has 0 saturated heterocycles. The minimum Gasteiger partial charge on any atom is -0.453 e. The Morgan fingerprint density at radius 1 is 1.06 bits per heavy atom. The average molecular weight is 463 g/mol. The zero-order valence-electron chi connectivity index (χ0n) is 19.4. The van der Waals surface area contributed by atoms with E-state index in [1.54, 1.807) is 26.9 Å². The third-order valence-electron chi connectivity index (χ3n) is 5.95. The minimum atomic E-state index is -0.744. The van der Waals surface area contributed by atoms with Gasteiger partial charge in [0, 0.05) is 36.8 Å². The van der Waals surface area contributed by atoms with Gasteiger partial charge in [-0.2, -0.15) is 5.10 Å². The lowest BCUT2D eigenvalue weighted by Crippen LogP contribution is -2.31. The fourth-order valence-electron chi connectivity index (χ4n) is 4.11. The number of hydrogen-bond acceptors (Lipinski definition) is 6. The van der Waals surface area contributed by atoms with E-state index >= 15 is 0 Å². The molecule has 1 aromatic carbocycles. The summed E-state index contributed by atoms with van der Waals surface area (Å²) >= 11 is 0. The number of carbonyl (C=O) groups excluding carboxylic acids is 3. The normalized spacial score (nSPS) is 13.4. The Labute approximate surface area is 195 Å². The maximum absolute atomic E-state index is 13.4. The first-order chi connectivity index (χ1) is 16.2. The van der Waals surface area contributed by atoms with Gasteiger partial charge in [0.25, 0.3) is 5.56 Å². The molecule has 0 unspecified atom stereocenters. The molecule has 176 valence electrons. The van der Waals surface area contributed by atoms with Crippen LogP contribution in [0.15, 0.2) is 46.3 Å². The molecule has 0 aliphatic carbocycles. The second-order valence-corrected chi connectivity index (χ2v) is 8.12. The highest BCUT2D eigenvalue weighted by molar-refractivity contribution is 6.37. The number of para-hydroxylation sites is 1. The highest BCUT2D eigenvalue weighted by Gasteiger charge is 2.25. The van der Waals surface area contributed by atoms with Gasteiger partial charge < -0.3 is 9.30 Å². The summed E-state index contributed by atoms with van der Waals surface area (Å²) < 4.78 is 10.2. The van der Waals surface area contributed by atoms with Crippen molar-refractivity contribution in [2.24, 2.45) is 12.1 Å². The first kappa shape index (κ1) is 23.0. The predicted octanol–water partition coefficient (Wildman–Crippen LogP) is 1.88. The van der Waals surface area contributed by atoms with E-state index in [-0.39, 0.29) is 30.0 Å². The maximum Gasteiger partial charge on any atom is 0.354 e. The molecule has 0 atom stereocenters. The van der Waals surface area contributed by atoms with Crippen LogP contribution >= 0.6 is 0 Å². The van der Waals surface area contributed by atoms with Crippen LogP contribution in [0, 0.1) is 20.8 Å². The van der Waals surface area contributed by atoms with Crippen molar-refractivity contribution < 1.29 is 19.1 Å². The number of carbonyl (C=O) groups is 3. The van der Waals surface area contributed by atoms with Crippen molar-refractivity contribution in [2.45, 2.75) is 33.6 Å². The van der Waals surface area contributed by atoms with Crippen molar-refractivity contribution in [2.75, 3.05) is 6.61 Å². The van der Waals surface area contributed by atoms with Crippen molar-refractivity contribution in [3.05, 3.63) is 69.4 Å². The number of benzene rings is 1. The lowest BCUT2D eigenvalue weighted by molar-refractivity contribution is -0.134. The van der Waals surface area contributed by atoms with Gasteiger partial charge in [0.2, 0.25) is 11.7 Å². The largest absolute Gasteiger partial charge is 0.453 e. The summed E-state index contributed by atoms with van der Waals surface area (Å²) in [4.78, 5) is 49.7. The molecule has 3 heterocycles. The number of hydrogen-bond donors (Lipinski definition) is 1. The molecular weight excluding hydrogens is 438 g/mol. The second-order valence-electron chi connectivity index (χ2n) is 8.12. The Morgan fingerprint density at radius 2 is 1.76 bits per heavy atom. The molecule has 1 N–H and O–H groups in total. The number of hydrazone groups is 1. The van der Waals surface area contributed by atoms with Crippen LogP contribution in [0.3, 0.4) is 0 Å². The number of nitrogens with zero attached hydrogens (tertiary/aromatic N) is 4. The van der Waals surface area contributed by atoms with Gasteiger partial charge in [-0.05, 0) is 39.0 Å². The number of amides is 1. The maximum atomic E-state index is 13.4. The lowest BCUT2D eigenvalue weighted by atomic mass is 10.1. The van der Waals surface area contributed by atoms with E-state index in [0.29, 0.717) is 22.6 Å². The number of ether oxygens (including phenoxy) is 1. The van der Waals surface area contributed by atoms with Gasteiger partial charge in [-0.25, -0.2) is 14.9 Å². The molecule has 10 heteroatoms. The molecule has 0 fully saturated rings. The number of aryl methyl sites for hydroxylation is 1. The molecule has 2 aromatic heterocycles. The Bertz CT molecular complexity index is 1390. The van der Waals surface area contributed by atoms with Gasteiger partial charge in [0.05, 0.1) is 11.4 Å². The number of Topliss-reactive ketones (excluding diaryl/α,β-unsaturated/α-hetero) is 1. The SMILES string of the molecule is Cc1cc(C(=O)COC(=O)C2=NNC(=O)CC2)c(C)n1-c1c(C)n(C)n(-c2ccccc2)c1=O. The predicted molar refractivity (Wildman–Crippen MR) is 125 cm³/mol. The topological polar surface area (TPSA) is 117 Å². The summed E-state index contributed by atoms with van der Waals surface area (Å²) in [6.45, 7) is 4.94. The van der Waals surface area contributed by atoms with E-state index in [4.69, 9.17) is 4.74 Å². The first-order valence-electron chi connectivity index (χ1n) is 10.8. The molecular formula is C24H25N5O5. The summed E-state index contributed by atoms with van der Waals surface area (Å²) in [5.74, 6) is -1.42. The Morgan fingerprint density at radius 3 is 2.41 bits per heavy atom. The van der Waals surface area contributed by atoms with Crippen molar-refractivity contribution in [1.82, 2.24) is 19.4 Å². The number of nitrogens with one attached hydrogen (secondary N) is 1. The molecule has 34 heavy (non-hydrogen) atoms. The second kappa shape index (κ2) is 8.97. The third kappa shape index (κ3) is 3.98. The molecule has 4 rings (SSSR count). The van der Waals surface area contributed by atoms with Crippen LogP contribution in [-0.2, 0) is 21.4 Å². The Kier molecular flexibility index (Phi) is 6.06. The van der Waals surface area contributed by atoms with Gasteiger partial charge in [-0.3, -0.25) is 19.1 Å². The zero-order chi connectivity index (χ0) is 24.6. The fraction of sp³-hybridized carbons (Fsp3) is 0.292. The highest BCUT2D eigenvalue weighted by atomic mass is 16.5. The van der Waals surface area contributed by atoms with Crippen LogP contribution < -0.4 is 11.0 Å². The molecule has 3 aromatic rings. The quantitative estimate of drug-likeness (QED) is 0.443. The van der Waals surface area contributed by atoms with E-state index in [0.717, 1.165) is 11.4 Å². The van der Waals surface area contributed by atoms with Crippen molar-refractivity contribution in [3.63, 3.8) is 0 Å². The van der Waals surface area contributed by atoms with Crippen LogP contribution in [0.5, 0.6) is 0 Å². The van der Waals surface area contributed by atoms with E-state index in [1.807, 2.05) is 51.2 Å². The number of esters is 1. The van der Waals surface area contributed by atoms with E-state index in [1.165, 1.54) is 0 Å². The van der Waals surface area contributed by atoms with Crippen molar-refractivity contribution in [3.8, 4) is 11.4 Å². The first-order valence-corrected chi connectivity index (χ1v) is 10.8. The van der Waals surface area contributed by atoms with Crippen LogP contribution in [0.4, 0.5) is 0 Å². The minimum absolute atomic E-state index is 0.0687. The van der Waals surface area contributed by atoms with Crippen LogP contribution in [-0.4, -0.2) is 43.9 Å². The molecule has 0 saturated carbocycles. The summed E-state index contributed by atoms with van der Waals surface area (Å²) in [5.41, 5.74) is 5.64. The summed E-state index contributed by atoms with van der Waals surface area (Å²) in [7, 11) is 1.81. The standard InChI is InChI=1S/C24H25N5O5/c1-14-12-18(20(30)13-34-24(33)19-10-11-21(31)26-25-19)15(2)28(14)22-16(3)27(4)29(23(22)32)17-8-6-5-7-9-17/h5-9,12H,10-11,13H2,1-4H3,(H,26,31). The Balaban J connectivity index is 1.62.